The highest BCUT2D eigenvalue weighted by Gasteiger charge is 2.35. The van der Waals surface area contributed by atoms with Crippen molar-refractivity contribution in [2.75, 3.05) is 19.6 Å². The van der Waals surface area contributed by atoms with Gasteiger partial charge in [0.05, 0.1) is 5.52 Å². The van der Waals surface area contributed by atoms with Gasteiger partial charge in [0.1, 0.15) is 0 Å². The molecule has 3 nitrogen and oxygen atoms in total. The maximum absolute atomic E-state index is 4.48. The number of para-hydroxylation sites is 1. The molecule has 2 aromatic rings. The summed E-state index contributed by atoms with van der Waals surface area (Å²) in [5.41, 5.74) is 2.79. The summed E-state index contributed by atoms with van der Waals surface area (Å²) < 4.78 is 0. The molecule has 0 amide bonds. The fraction of sp³-hybridized carbons (Fsp3) is 0.500. The number of fused-ring (bicyclic) bond motifs is 1. The van der Waals surface area contributed by atoms with Crippen molar-refractivity contribution in [1.29, 1.82) is 0 Å². The van der Waals surface area contributed by atoms with E-state index in [1.165, 1.54) is 23.8 Å². The normalized spacial score (nSPS) is 19.0. The van der Waals surface area contributed by atoms with Crippen LogP contribution >= 0.6 is 0 Å². The molecular formula is C18H25N3. The molecule has 0 spiro atoms. The average Bonchev–Trinajstić information content (AvgIpc) is 2.56. The molecular weight excluding hydrogens is 258 g/mol. The number of hydrogen-bond acceptors (Lipinski definition) is 3. The first-order valence-electron chi connectivity index (χ1n) is 8.07. The quantitative estimate of drug-likeness (QED) is 0.934. The molecule has 0 aliphatic carbocycles. The lowest BCUT2D eigenvalue weighted by atomic mass is 9.88. The van der Waals surface area contributed by atoms with Crippen molar-refractivity contribution in [1.82, 2.24) is 15.2 Å². The zero-order chi connectivity index (χ0) is 14.7. The van der Waals surface area contributed by atoms with Crippen LogP contribution < -0.4 is 5.32 Å². The Morgan fingerprint density at radius 3 is 2.81 bits per heavy atom. The van der Waals surface area contributed by atoms with Crippen LogP contribution in [0.1, 0.15) is 32.3 Å². The lowest BCUT2D eigenvalue weighted by Crippen LogP contribution is -2.60. The van der Waals surface area contributed by atoms with Crippen LogP contribution in [0.5, 0.6) is 0 Å². The van der Waals surface area contributed by atoms with Crippen LogP contribution in [0.3, 0.4) is 0 Å². The number of pyridine rings is 1. The van der Waals surface area contributed by atoms with Crippen molar-refractivity contribution >= 4 is 10.9 Å². The van der Waals surface area contributed by atoms with Gasteiger partial charge in [-0.3, -0.25) is 9.88 Å². The first-order valence-corrected chi connectivity index (χ1v) is 8.07. The smallest absolute Gasteiger partial charge is 0.0705 e. The van der Waals surface area contributed by atoms with E-state index in [1.54, 1.807) is 0 Å². The summed E-state index contributed by atoms with van der Waals surface area (Å²) in [5.74, 6) is 0. The molecule has 1 fully saturated rings. The highest BCUT2D eigenvalue weighted by atomic mass is 15.3. The summed E-state index contributed by atoms with van der Waals surface area (Å²) in [6.07, 6.45) is 4.33. The molecule has 1 aliphatic rings. The van der Waals surface area contributed by atoms with E-state index in [9.17, 15) is 0 Å². The van der Waals surface area contributed by atoms with E-state index in [-0.39, 0.29) is 0 Å². The topological polar surface area (TPSA) is 28.2 Å². The summed E-state index contributed by atoms with van der Waals surface area (Å²) in [7, 11) is 0. The zero-order valence-electron chi connectivity index (χ0n) is 13.1. The number of benzene rings is 1. The van der Waals surface area contributed by atoms with Gasteiger partial charge < -0.3 is 5.32 Å². The van der Waals surface area contributed by atoms with Crippen LogP contribution in [0.4, 0.5) is 0 Å². The monoisotopic (exact) mass is 283 g/mol. The lowest BCUT2D eigenvalue weighted by molar-refractivity contribution is 0.0451. The highest BCUT2D eigenvalue weighted by molar-refractivity contribution is 5.81. The van der Waals surface area contributed by atoms with E-state index < -0.39 is 0 Å². The summed E-state index contributed by atoms with van der Waals surface area (Å²) >= 11 is 0. The molecule has 1 saturated heterocycles. The minimum absolute atomic E-state index is 0.294. The van der Waals surface area contributed by atoms with Gasteiger partial charge in [-0.05, 0) is 30.5 Å². The van der Waals surface area contributed by atoms with Gasteiger partial charge in [-0.2, -0.15) is 0 Å². The molecule has 1 aliphatic heterocycles. The Balaban J connectivity index is 1.93. The van der Waals surface area contributed by atoms with E-state index in [0.717, 1.165) is 31.7 Å². The Hall–Kier alpha value is -1.45. The van der Waals surface area contributed by atoms with Crippen LogP contribution in [-0.4, -0.2) is 35.1 Å². The van der Waals surface area contributed by atoms with E-state index >= 15 is 0 Å². The number of piperazine rings is 1. The lowest BCUT2D eigenvalue weighted by Gasteiger charge is -2.47. The molecule has 0 radical (unpaired) electrons. The van der Waals surface area contributed by atoms with Crippen LogP contribution in [-0.2, 0) is 6.54 Å². The van der Waals surface area contributed by atoms with Crippen molar-refractivity contribution in [2.45, 2.75) is 38.8 Å². The van der Waals surface area contributed by atoms with Gasteiger partial charge >= 0.3 is 0 Å². The van der Waals surface area contributed by atoms with Crippen molar-refractivity contribution < 1.29 is 0 Å². The average molecular weight is 283 g/mol. The fourth-order valence-corrected chi connectivity index (χ4v) is 3.58. The molecule has 0 unspecified atom stereocenters. The molecule has 0 bridgehead atoms. The summed E-state index contributed by atoms with van der Waals surface area (Å²) in [5, 5.41) is 4.87. The fourth-order valence-electron chi connectivity index (χ4n) is 3.58. The first kappa shape index (κ1) is 14.5. The van der Waals surface area contributed by atoms with E-state index in [0.29, 0.717) is 5.54 Å². The number of nitrogens with zero attached hydrogens (tertiary/aromatic N) is 2. The maximum atomic E-state index is 4.48. The van der Waals surface area contributed by atoms with Gasteiger partial charge in [-0.1, -0.05) is 32.0 Å². The predicted octanol–water partition coefficient (Wildman–Crippen LogP) is 3.20. The number of nitrogens with one attached hydrogen (secondary N) is 1. The van der Waals surface area contributed by atoms with Crippen molar-refractivity contribution in [3.63, 3.8) is 0 Å². The standard InChI is InChI=1S/C18H25N3/c1-3-18(4-2)14-19-11-12-21(18)13-15-9-10-20-17-8-6-5-7-16(15)17/h5-10,19H,3-4,11-14H2,1-2H3. The van der Waals surface area contributed by atoms with Gasteiger partial charge in [-0.15, -0.1) is 0 Å². The Bertz CT molecular complexity index is 599. The van der Waals surface area contributed by atoms with Crippen LogP contribution in [0, 0.1) is 0 Å². The van der Waals surface area contributed by atoms with Crippen LogP contribution in [0.25, 0.3) is 10.9 Å². The number of rotatable bonds is 4. The zero-order valence-corrected chi connectivity index (χ0v) is 13.1. The van der Waals surface area contributed by atoms with E-state index in [2.05, 4.69) is 59.4 Å². The molecule has 1 aromatic carbocycles. The summed E-state index contributed by atoms with van der Waals surface area (Å²) in [4.78, 5) is 7.15. The van der Waals surface area contributed by atoms with Crippen LogP contribution in [0.15, 0.2) is 36.5 Å². The van der Waals surface area contributed by atoms with Crippen molar-refractivity contribution in [3.05, 3.63) is 42.1 Å². The molecule has 1 aromatic heterocycles. The Labute approximate surface area is 127 Å². The second kappa shape index (κ2) is 6.12. The van der Waals surface area contributed by atoms with Crippen molar-refractivity contribution in [2.24, 2.45) is 0 Å². The molecule has 1 N–H and O–H groups in total. The van der Waals surface area contributed by atoms with Gasteiger partial charge in [0.25, 0.3) is 0 Å². The van der Waals surface area contributed by atoms with Gasteiger partial charge in [-0.25, -0.2) is 0 Å². The Kier molecular flexibility index (Phi) is 4.22. The first-order chi connectivity index (χ1) is 10.3. The SMILES string of the molecule is CCC1(CC)CNCCN1Cc1ccnc2ccccc12. The minimum Gasteiger partial charge on any atom is -0.314 e. The second-order valence-electron chi connectivity index (χ2n) is 6.02. The molecule has 3 rings (SSSR count). The summed E-state index contributed by atoms with van der Waals surface area (Å²) in [6, 6.07) is 10.6. The predicted molar refractivity (Wildman–Crippen MR) is 88.3 cm³/mol. The van der Waals surface area contributed by atoms with E-state index in [4.69, 9.17) is 0 Å². The number of hydrogen-bond donors (Lipinski definition) is 1. The molecule has 0 atom stereocenters. The molecule has 112 valence electrons. The van der Waals surface area contributed by atoms with Crippen LogP contribution in [0.2, 0.25) is 0 Å². The Morgan fingerprint density at radius 2 is 2.00 bits per heavy atom. The van der Waals surface area contributed by atoms with Gasteiger partial charge in [0, 0.05) is 43.3 Å². The largest absolute Gasteiger partial charge is 0.314 e. The van der Waals surface area contributed by atoms with Gasteiger partial charge in [0.2, 0.25) is 0 Å². The number of aromatic nitrogens is 1. The summed E-state index contributed by atoms with van der Waals surface area (Å²) in [6.45, 7) is 8.96. The molecule has 0 saturated carbocycles. The highest BCUT2D eigenvalue weighted by Crippen LogP contribution is 2.28. The maximum Gasteiger partial charge on any atom is 0.0705 e. The Morgan fingerprint density at radius 1 is 1.19 bits per heavy atom. The molecule has 3 heteroatoms. The van der Waals surface area contributed by atoms with Gasteiger partial charge in [0.15, 0.2) is 0 Å². The third kappa shape index (κ3) is 2.68. The third-order valence-electron chi connectivity index (χ3n) is 5.10. The minimum atomic E-state index is 0.294. The van der Waals surface area contributed by atoms with E-state index in [1.807, 2.05) is 6.20 Å². The molecule has 21 heavy (non-hydrogen) atoms. The van der Waals surface area contributed by atoms with Crippen molar-refractivity contribution in [3.8, 4) is 0 Å². The molecule has 2 heterocycles. The third-order valence-corrected chi connectivity index (χ3v) is 5.10. The second-order valence-corrected chi connectivity index (χ2v) is 6.02.